The largest absolute Gasteiger partial charge is 0.439 e. The molecular formula is C24H21NO2. The minimum Gasteiger partial charge on any atom is -0.439 e. The highest BCUT2D eigenvalue weighted by molar-refractivity contribution is 5.69. The van der Waals surface area contributed by atoms with E-state index in [2.05, 4.69) is 17.2 Å². The Morgan fingerprint density at radius 2 is 1.33 bits per heavy atom. The van der Waals surface area contributed by atoms with Gasteiger partial charge in [-0.3, -0.25) is 0 Å². The zero-order valence-corrected chi connectivity index (χ0v) is 15.2. The number of nitrogens with one attached hydrogen (secondary N) is 1. The van der Waals surface area contributed by atoms with E-state index in [9.17, 15) is 4.79 Å². The lowest BCUT2D eigenvalue weighted by Crippen LogP contribution is -2.12. The molecule has 1 aliphatic rings. The van der Waals surface area contributed by atoms with Crippen molar-refractivity contribution in [2.75, 3.05) is 6.54 Å². The number of hydrogen-bond donors (Lipinski definition) is 1. The Hall–Kier alpha value is -3.51. The number of cyclic esters (lactones) is 1. The summed E-state index contributed by atoms with van der Waals surface area (Å²) < 4.78 is 5.04. The molecule has 0 aromatic heterocycles. The van der Waals surface area contributed by atoms with E-state index in [1.165, 1.54) is 5.56 Å². The number of carbonyl (C=O) groups excluding carboxylic acids is 1. The van der Waals surface area contributed by atoms with Gasteiger partial charge in [-0.2, -0.15) is 0 Å². The summed E-state index contributed by atoms with van der Waals surface area (Å²) in [6.07, 6.45) is -0.446. The lowest BCUT2D eigenvalue weighted by Gasteiger charge is -2.07. The molecule has 1 saturated heterocycles. The Labute approximate surface area is 160 Å². The van der Waals surface area contributed by atoms with Crippen molar-refractivity contribution in [1.82, 2.24) is 5.32 Å². The SMILES string of the molecule is C(#Cc1ccccc1)c1ccccc1.Cc1ccc([C@H]2CNC(=O)O2)cc1. The maximum Gasteiger partial charge on any atom is 0.407 e. The third kappa shape index (κ3) is 5.76. The zero-order valence-electron chi connectivity index (χ0n) is 15.2. The molecule has 1 heterocycles. The van der Waals surface area contributed by atoms with Gasteiger partial charge in [0.1, 0.15) is 6.10 Å². The summed E-state index contributed by atoms with van der Waals surface area (Å²) in [7, 11) is 0. The summed E-state index contributed by atoms with van der Waals surface area (Å²) in [6, 6.07) is 28.0. The molecular weight excluding hydrogens is 334 g/mol. The highest BCUT2D eigenvalue weighted by Crippen LogP contribution is 2.20. The van der Waals surface area contributed by atoms with Gasteiger partial charge >= 0.3 is 6.09 Å². The van der Waals surface area contributed by atoms with Gasteiger partial charge in [0.2, 0.25) is 0 Å². The van der Waals surface area contributed by atoms with Gasteiger partial charge in [0.15, 0.2) is 0 Å². The monoisotopic (exact) mass is 355 g/mol. The molecule has 3 nitrogen and oxygen atoms in total. The van der Waals surface area contributed by atoms with E-state index in [1.807, 2.05) is 91.9 Å². The molecule has 134 valence electrons. The molecule has 27 heavy (non-hydrogen) atoms. The average molecular weight is 355 g/mol. The van der Waals surface area contributed by atoms with Gasteiger partial charge in [0, 0.05) is 11.1 Å². The van der Waals surface area contributed by atoms with Crippen LogP contribution in [-0.2, 0) is 4.74 Å². The Morgan fingerprint density at radius 3 is 1.78 bits per heavy atom. The predicted octanol–water partition coefficient (Wildman–Crippen LogP) is 4.86. The molecule has 0 aliphatic carbocycles. The summed E-state index contributed by atoms with van der Waals surface area (Å²) in [6.45, 7) is 2.60. The molecule has 1 amide bonds. The number of aryl methyl sites for hydroxylation is 1. The number of carbonyl (C=O) groups is 1. The van der Waals surface area contributed by atoms with Crippen LogP contribution < -0.4 is 5.32 Å². The molecule has 0 saturated carbocycles. The van der Waals surface area contributed by atoms with Gasteiger partial charge in [-0.1, -0.05) is 78.1 Å². The summed E-state index contributed by atoms with van der Waals surface area (Å²) in [5.74, 6) is 6.22. The van der Waals surface area contributed by atoms with Crippen LogP contribution >= 0.6 is 0 Å². The van der Waals surface area contributed by atoms with E-state index < -0.39 is 0 Å². The molecule has 0 bridgehead atoms. The average Bonchev–Trinajstić information content (AvgIpc) is 3.15. The van der Waals surface area contributed by atoms with E-state index in [0.717, 1.165) is 16.7 Å². The first-order valence-electron chi connectivity index (χ1n) is 8.84. The Morgan fingerprint density at radius 1 is 0.815 bits per heavy atom. The highest BCUT2D eigenvalue weighted by atomic mass is 16.6. The van der Waals surface area contributed by atoms with E-state index in [4.69, 9.17) is 4.74 Å². The Bertz CT molecular complexity index is 879. The first-order valence-corrected chi connectivity index (χ1v) is 8.84. The highest BCUT2D eigenvalue weighted by Gasteiger charge is 2.23. The van der Waals surface area contributed by atoms with E-state index in [-0.39, 0.29) is 12.2 Å². The van der Waals surface area contributed by atoms with Gasteiger partial charge in [0.25, 0.3) is 0 Å². The summed E-state index contributed by atoms with van der Waals surface area (Å²) in [5, 5.41) is 2.62. The zero-order chi connectivity index (χ0) is 18.9. The first-order chi connectivity index (χ1) is 13.2. The fourth-order valence-corrected chi connectivity index (χ4v) is 2.54. The minimum absolute atomic E-state index is 0.118. The van der Waals surface area contributed by atoms with Crippen LogP contribution in [0, 0.1) is 18.8 Å². The normalized spacial score (nSPS) is 14.7. The Balaban J connectivity index is 0.000000156. The van der Waals surface area contributed by atoms with Crippen LogP contribution in [0.5, 0.6) is 0 Å². The second-order valence-electron chi connectivity index (χ2n) is 6.17. The van der Waals surface area contributed by atoms with Gasteiger partial charge in [-0.25, -0.2) is 4.79 Å². The molecule has 4 rings (SSSR count). The number of hydrogen-bond acceptors (Lipinski definition) is 2. The molecule has 3 heteroatoms. The molecule has 1 aliphatic heterocycles. The summed E-state index contributed by atoms with van der Waals surface area (Å²) in [4.78, 5) is 10.8. The number of amides is 1. The van der Waals surface area contributed by atoms with Crippen LogP contribution in [-0.4, -0.2) is 12.6 Å². The molecule has 1 atom stereocenters. The van der Waals surface area contributed by atoms with E-state index >= 15 is 0 Å². The minimum atomic E-state index is -0.328. The molecule has 3 aromatic rings. The predicted molar refractivity (Wildman–Crippen MR) is 107 cm³/mol. The maximum absolute atomic E-state index is 10.8. The quantitative estimate of drug-likeness (QED) is 0.633. The van der Waals surface area contributed by atoms with E-state index in [0.29, 0.717) is 6.54 Å². The molecule has 3 aromatic carbocycles. The molecule has 0 spiro atoms. The van der Waals surface area contributed by atoms with Crippen molar-refractivity contribution in [3.05, 3.63) is 107 Å². The van der Waals surface area contributed by atoms with Crippen LogP contribution in [0.1, 0.15) is 28.4 Å². The first kappa shape index (κ1) is 18.3. The van der Waals surface area contributed by atoms with Gasteiger partial charge in [-0.05, 0) is 36.8 Å². The number of rotatable bonds is 1. The molecule has 1 N–H and O–H groups in total. The van der Waals surface area contributed by atoms with Crippen molar-refractivity contribution >= 4 is 6.09 Å². The van der Waals surface area contributed by atoms with Crippen molar-refractivity contribution in [2.24, 2.45) is 0 Å². The lowest BCUT2D eigenvalue weighted by atomic mass is 10.1. The van der Waals surface area contributed by atoms with Crippen molar-refractivity contribution < 1.29 is 9.53 Å². The van der Waals surface area contributed by atoms with Crippen LogP contribution in [0.15, 0.2) is 84.9 Å². The van der Waals surface area contributed by atoms with Gasteiger partial charge in [-0.15, -0.1) is 0 Å². The third-order valence-electron chi connectivity index (χ3n) is 4.03. The van der Waals surface area contributed by atoms with Crippen molar-refractivity contribution in [2.45, 2.75) is 13.0 Å². The third-order valence-corrected chi connectivity index (χ3v) is 4.03. The standard InChI is InChI=1S/C14H10.C10H11NO2/c1-3-7-13(8-4-1)11-12-14-9-5-2-6-10-14;1-7-2-4-8(5-3-7)9-6-11-10(12)13-9/h1-10H;2-5,9H,6H2,1H3,(H,11,12)/t;9-/m.1/s1. The topological polar surface area (TPSA) is 38.3 Å². The smallest absolute Gasteiger partial charge is 0.407 e. The van der Waals surface area contributed by atoms with Crippen LogP contribution in [0.2, 0.25) is 0 Å². The second kappa shape index (κ2) is 9.26. The van der Waals surface area contributed by atoms with Crippen LogP contribution in [0.3, 0.4) is 0 Å². The van der Waals surface area contributed by atoms with Crippen molar-refractivity contribution in [3.63, 3.8) is 0 Å². The van der Waals surface area contributed by atoms with Gasteiger partial charge in [0.05, 0.1) is 6.54 Å². The van der Waals surface area contributed by atoms with Gasteiger partial charge < -0.3 is 10.1 Å². The lowest BCUT2D eigenvalue weighted by molar-refractivity contribution is 0.141. The molecule has 1 fully saturated rings. The maximum atomic E-state index is 10.8. The molecule has 0 unspecified atom stereocenters. The van der Waals surface area contributed by atoms with Crippen LogP contribution in [0.4, 0.5) is 4.79 Å². The van der Waals surface area contributed by atoms with Crippen LogP contribution in [0.25, 0.3) is 0 Å². The number of ether oxygens (including phenoxy) is 1. The Kier molecular flexibility index (Phi) is 6.27. The van der Waals surface area contributed by atoms with Crippen molar-refractivity contribution in [3.8, 4) is 11.8 Å². The van der Waals surface area contributed by atoms with E-state index in [1.54, 1.807) is 0 Å². The summed E-state index contributed by atoms with van der Waals surface area (Å²) >= 11 is 0. The van der Waals surface area contributed by atoms with Crippen molar-refractivity contribution in [1.29, 1.82) is 0 Å². The fraction of sp³-hybridized carbons (Fsp3) is 0.125. The number of benzene rings is 3. The fourth-order valence-electron chi connectivity index (χ4n) is 2.54. The summed E-state index contributed by atoms with van der Waals surface area (Å²) in [5.41, 5.74) is 4.36. The number of alkyl carbamates (subject to hydrolysis) is 1. The second-order valence-corrected chi connectivity index (χ2v) is 6.17. The molecule has 0 radical (unpaired) electrons.